The molecule has 0 aromatic heterocycles. The molecule has 1 N–H and O–H groups in total. The SMILES string of the molecule is COc1ccc(C)cc1S(=O)(=O)N[C@H](C(=O)N1CCCC1)C(C)C. The first kappa shape index (κ1) is 18.7. The number of methoxy groups -OCH3 is 1. The first-order valence-corrected chi connectivity index (χ1v) is 9.70. The van der Waals surface area contributed by atoms with Gasteiger partial charge in [-0.3, -0.25) is 4.79 Å². The van der Waals surface area contributed by atoms with Crippen LogP contribution in [0.1, 0.15) is 32.3 Å². The Balaban J connectivity index is 2.31. The molecule has 1 atom stereocenters. The molecule has 0 saturated carbocycles. The van der Waals surface area contributed by atoms with Gasteiger partial charge in [0, 0.05) is 13.1 Å². The Hall–Kier alpha value is -1.60. The maximum absolute atomic E-state index is 12.8. The summed E-state index contributed by atoms with van der Waals surface area (Å²) in [6.07, 6.45) is 1.93. The number of likely N-dealkylation sites (tertiary alicyclic amines) is 1. The van der Waals surface area contributed by atoms with Crippen LogP contribution in [0.2, 0.25) is 0 Å². The smallest absolute Gasteiger partial charge is 0.244 e. The third-order valence-corrected chi connectivity index (χ3v) is 5.70. The van der Waals surface area contributed by atoms with Crippen molar-refractivity contribution < 1.29 is 17.9 Å². The number of carbonyl (C=O) groups excluding carboxylic acids is 1. The molecule has 134 valence electrons. The van der Waals surface area contributed by atoms with Crippen molar-refractivity contribution in [2.75, 3.05) is 20.2 Å². The molecular weight excluding hydrogens is 328 g/mol. The molecule has 1 aromatic carbocycles. The number of rotatable bonds is 6. The first-order chi connectivity index (χ1) is 11.3. The maximum atomic E-state index is 12.8. The van der Waals surface area contributed by atoms with Crippen LogP contribution in [0.5, 0.6) is 5.75 Å². The predicted molar refractivity (Wildman–Crippen MR) is 92.5 cm³/mol. The van der Waals surface area contributed by atoms with E-state index in [1.54, 1.807) is 23.1 Å². The van der Waals surface area contributed by atoms with Gasteiger partial charge in [-0.05, 0) is 43.4 Å². The van der Waals surface area contributed by atoms with E-state index in [-0.39, 0.29) is 22.5 Å². The number of sulfonamides is 1. The summed E-state index contributed by atoms with van der Waals surface area (Å²) in [5.74, 6) is -0.0365. The fourth-order valence-corrected chi connectivity index (χ4v) is 4.42. The molecule has 0 spiro atoms. The molecule has 1 fully saturated rings. The molecule has 0 aliphatic carbocycles. The summed E-state index contributed by atoms with van der Waals surface area (Å²) in [7, 11) is -2.44. The summed E-state index contributed by atoms with van der Waals surface area (Å²) in [5.41, 5.74) is 0.808. The van der Waals surface area contributed by atoms with Crippen LogP contribution in [-0.2, 0) is 14.8 Å². The number of carbonyl (C=O) groups is 1. The lowest BCUT2D eigenvalue weighted by atomic mass is 10.0. The second-order valence-electron chi connectivity index (χ2n) is 6.53. The molecule has 0 unspecified atom stereocenters. The van der Waals surface area contributed by atoms with Crippen LogP contribution < -0.4 is 9.46 Å². The van der Waals surface area contributed by atoms with Crippen molar-refractivity contribution in [2.24, 2.45) is 5.92 Å². The number of nitrogens with zero attached hydrogens (tertiary/aromatic N) is 1. The van der Waals surface area contributed by atoms with Crippen molar-refractivity contribution in [3.63, 3.8) is 0 Å². The van der Waals surface area contributed by atoms with Crippen LogP contribution in [0.15, 0.2) is 23.1 Å². The normalized spacial score (nSPS) is 16.5. The van der Waals surface area contributed by atoms with E-state index in [2.05, 4.69) is 4.72 Å². The summed E-state index contributed by atoms with van der Waals surface area (Å²) in [4.78, 5) is 14.5. The molecule has 1 saturated heterocycles. The van der Waals surface area contributed by atoms with Crippen molar-refractivity contribution in [3.05, 3.63) is 23.8 Å². The fraction of sp³-hybridized carbons (Fsp3) is 0.588. The van der Waals surface area contributed by atoms with E-state index < -0.39 is 16.1 Å². The predicted octanol–water partition coefficient (Wildman–Crippen LogP) is 1.93. The van der Waals surface area contributed by atoms with Crippen molar-refractivity contribution in [3.8, 4) is 5.75 Å². The van der Waals surface area contributed by atoms with Crippen molar-refractivity contribution in [1.29, 1.82) is 0 Å². The van der Waals surface area contributed by atoms with Crippen LogP contribution >= 0.6 is 0 Å². The van der Waals surface area contributed by atoms with Gasteiger partial charge in [-0.15, -0.1) is 0 Å². The number of hydrogen-bond donors (Lipinski definition) is 1. The van der Waals surface area contributed by atoms with Gasteiger partial charge in [0.15, 0.2) is 0 Å². The molecule has 1 aliphatic rings. The van der Waals surface area contributed by atoms with Gasteiger partial charge in [0.05, 0.1) is 7.11 Å². The van der Waals surface area contributed by atoms with Crippen molar-refractivity contribution >= 4 is 15.9 Å². The van der Waals surface area contributed by atoms with Crippen molar-refractivity contribution in [2.45, 2.75) is 44.6 Å². The van der Waals surface area contributed by atoms with Gasteiger partial charge in [0.25, 0.3) is 0 Å². The zero-order valence-electron chi connectivity index (χ0n) is 14.7. The Kier molecular flexibility index (Phi) is 5.87. The van der Waals surface area contributed by atoms with Gasteiger partial charge in [0.2, 0.25) is 15.9 Å². The molecule has 24 heavy (non-hydrogen) atoms. The van der Waals surface area contributed by atoms with E-state index in [9.17, 15) is 13.2 Å². The minimum Gasteiger partial charge on any atom is -0.495 e. The van der Waals surface area contributed by atoms with Gasteiger partial charge < -0.3 is 9.64 Å². The van der Waals surface area contributed by atoms with Gasteiger partial charge >= 0.3 is 0 Å². The highest BCUT2D eigenvalue weighted by Crippen LogP contribution is 2.25. The number of benzene rings is 1. The molecule has 1 aromatic rings. The first-order valence-electron chi connectivity index (χ1n) is 8.22. The molecule has 2 rings (SSSR count). The minimum absolute atomic E-state index is 0.0601. The lowest BCUT2D eigenvalue weighted by Gasteiger charge is -2.26. The Morgan fingerprint density at radius 1 is 1.25 bits per heavy atom. The zero-order valence-corrected chi connectivity index (χ0v) is 15.5. The number of nitrogens with one attached hydrogen (secondary N) is 1. The molecule has 1 heterocycles. The molecule has 1 aliphatic heterocycles. The second kappa shape index (κ2) is 7.53. The highest BCUT2D eigenvalue weighted by Gasteiger charge is 2.33. The van der Waals surface area contributed by atoms with E-state index in [4.69, 9.17) is 4.74 Å². The highest BCUT2D eigenvalue weighted by molar-refractivity contribution is 7.89. The average molecular weight is 354 g/mol. The molecule has 0 bridgehead atoms. The standard InChI is InChI=1S/C17H26N2O4S/c1-12(2)16(17(20)19-9-5-6-10-19)18-24(21,22)15-11-13(3)7-8-14(15)23-4/h7-8,11-12,16,18H,5-6,9-10H2,1-4H3/t16-/m0/s1. The molecule has 1 amide bonds. The van der Waals surface area contributed by atoms with Crippen LogP contribution in [0.25, 0.3) is 0 Å². The average Bonchev–Trinajstić information content (AvgIpc) is 3.06. The third kappa shape index (κ3) is 4.08. The summed E-state index contributed by atoms with van der Waals surface area (Å²) >= 11 is 0. The Morgan fingerprint density at radius 3 is 2.42 bits per heavy atom. The number of amides is 1. The van der Waals surface area contributed by atoms with Gasteiger partial charge in [0.1, 0.15) is 16.7 Å². The lowest BCUT2D eigenvalue weighted by molar-refractivity contribution is -0.132. The maximum Gasteiger partial charge on any atom is 0.244 e. The Bertz CT molecular complexity index is 695. The summed E-state index contributed by atoms with van der Waals surface area (Å²) in [6, 6.07) is 4.18. The van der Waals surface area contributed by atoms with Gasteiger partial charge in [-0.2, -0.15) is 4.72 Å². The van der Waals surface area contributed by atoms with Gasteiger partial charge in [-0.25, -0.2) is 8.42 Å². The van der Waals surface area contributed by atoms with E-state index in [0.717, 1.165) is 18.4 Å². The zero-order chi connectivity index (χ0) is 17.9. The fourth-order valence-electron chi connectivity index (χ4n) is 2.83. The van der Waals surface area contributed by atoms with Crippen LogP contribution in [0, 0.1) is 12.8 Å². The summed E-state index contributed by atoms with van der Waals surface area (Å²) in [6.45, 7) is 6.88. The minimum atomic E-state index is -3.87. The highest BCUT2D eigenvalue weighted by atomic mass is 32.2. The summed E-state index contributed by atoms with van der Waals surface area (Å²) < 4.78 is 33.4. The largest absolute Gasteiger partial charge is 0.495 e. The van der Waals surface area contributed by atoms with Crippen LogP contribution in [-0.4, -0.2) is 45.5 Å². The van der Waals surface area contributed by atoms with E-state index in [0.29, 0.717) is 13.1 Å². The van der Waals surface area contributed by atoms with E-state index in [1.165, 1.54) is 7.11 Å². The number of aryl methyl sites for hydroxylation is 1. The Labute approximate surface area is 144 Å². The molecule has 0 radical (unpaired) electrons. The number of ether oxygens (including phenoxy) is 1. The number of hydrogen-bond acceptors (Lipinski definition) is 4. The molecule has 7 heteroatoms. The quantitative estimate of drug-likeness (QED) is 0.847. The van der Waals surface area contributed by atoms with E-state index in [1.807, 2.05) is 20.8 Å². The summed E-state index contributed by atoms with van der Waals surface area (Å²) in [5, 5.41) is 0. The lowest BCUT2D eigenvalue weighted by Crippen LogP contribution is -2.50. The van der Waals surface area contributed by atoms with Gasteiger partial charge in [-0.1, -0.05) is 19.9 Å². The monoisotopic (exact) mass is 354 g/mol. The van der Waals surface area contributed by atoms with Crippen LogP contribution in [0.3, 0.4) is 0 Å². The second-order valence-corrected chi connectivity index (χ2v) is 8.21. The third-order valence-electron chi connectivity index (χ3n) is 4.24. The van der Waals surface area contributed by atoms with E-state index >= 15 is 0 Å². The molecule has 6 nitrogen and oxygen atoms in total. The molecular formula is C17H26N2O4S. The Morgan fingerprint density at radius 2 is 1.88 bits per heavy atom. The van der Waals surface area contributed by atoms with Crippen LogP contribution in [0.4, 0.5) is 0 Å². The van der Waals surface area contributed by atoms with Crippen molar-refractivity contribution in [1.82, 2.24) is 9.62 Å². The topological polar surface area (TPSA) is 75.7 Å².